The summed E-state index contributed by atoms with van der Waals surface area (Å²) in [7, 11) is 0. The van der Waals surface area contributed by atoms with Crippen LogP contribution in [0.1, 0.15) is 38.7 Å². The smallest absolute Gasteiger partial charge is 0.408 e. The van der Waals surface area contributed by atoms with Gasteiger partial charge in [0.2, 0.25) is 5.91 Å². The van der Waals surface area contributed by atoms with Crippen molar-refractivity contribution in [2.75, 3.05) is 6.54 Å². The van der Waals surface area contributed by atoms with Crippen molar-refractivity contribution in [3.8, 4) is 0 Å². The van der Waals surface area contributed by atoms with Crippen molar-refractivity contribution >= 4 is 18.0 Å². The maximum absolute atomic E-state index is 12.5. The van der Waals surface area contributed by atoms with Gasteiger partial charge in [-0.1, -0.05) is 44.2 Å². The summed E-state index contributed by atoms with van der Waals surface area (Å²) in [5, 5.41) is 14.3. The molecule has 1 aromatic carbocycles. The molecule has 0 fully saturated rings. The van der Waals surface area contributed by atoms with Crippen LogP contribution in [0.2, 0.25) is 0 Å². The molecule has 150 valence electrons. The Bertz CT molecular complexity index is 607. The fourth-order valence-corrected chi connectivity index (χ4v) is 2.44. The van der Waals surface area contributed by atoms with E-state index >= 15 is 0 Å². The van der Waals surface area contributed by atoms with E-state index in [1.165, 1.54) is 0 Å². The number of hydrogen-bond donors (Lipinski definition) is 4. The molecule has 0 saturated heterocycles. The van der Waals surface area contributed by atoms with Gasteiger partial charge in [-0.3, -0.25) is 4.79 Å². The Kier molecular flexibility index (Phi) is 9.89. The van der Waals surface area contributed by atoms with Crippen molar-refractivity contribution in [2.45, 2.75) is 51.8 Å². The van der Waals surface area contributed by atoms with Gasteiger partial charge in [-0.25, -0.2) is 9.59 Å². The van der Waals surface area contributed by atoms with Gasteiger partial charge in [-0.15, -0.1) is 0 Å². The summed E-state index contributed by atoms with van der Waals surface area (Å²) in [6, 6.07) is 7.24. The normalized spacial score (nSPS) is 12.9. The van der Waals surface area contributed by atoms with E-state index in [2.05, 4.69) is 10.6 Å². The molecule has 8 heteroatoms. The van der Waals surface area contributed by atoms with Crippen molar-refractivity contribution in [2.24, 2.45) is 11.7 Å². The fraction of sp³-hybridized carbons (Fsp3) is 0.526. The lowest BCUT2D eigenvalue weighted by molar-refractivity contribution is -0.142. The van der Waals surface area contributed by atoms with Crippen LogP contribution >= 0.6 is 0 Å². The maximum Gasteiger partial charge on any atom is 0.408 e. The fourth-order valence-electron chi connectivity index (χ4n) is 2.44. The Hall–Kier alpha value is -2.61. The largest absolute Gasteiger partial charge is 0.480 e. The van der Waals surface area contributed by atoms with Gasteiger partial charge in [0.05, 0.1) is 0 Å². The lowest BCUT2D eigenvalue weighted by Crippen LogP contribution is -2.53. The number of amides is 2. The monoisotopic (exact) mass is 379 g/mol. The van der Waals surface area contributed by atoms with Crippen LogP contribution in [0.4, 0.5) is 4.79 Å². The molecular weight excluding hydrogens is 350 g/mol. The lowest BCUT2D eigenvalue weighted by atomic mass is 10.0. The Morgan fingerprint density at radius 2 is 1.78 bits per heavy atom. The first-order valence-corrected chi connectivity index (χ1v) is 9.05. The maximum atomic E-state index is 12.5. The number of alkyl carbamates (subject to hydrolysis) is 1. The Morgan fingerprint density at radius 3 is 2.33 bits per heavy atom. The average molecular weight is 379 g/mol. The van der Waals surface area contributed by atoms with Gasteiger partial charge in [-0.05, 0) is 37.3 Å². The van der Waals surface area contributed by atoms with Crippen molar-refractivity contribution in [1.82, 2.24) is 10.6 Å². The number of ether oxygens (including phenoxy) is 1. The van der Waals surface area contributed by atoms with E-state index in [-0.39, 0.29) is 18.9 Å². The Balaban J connectivity index is 2.60. The predicted molar refractivity (Wildman–Crippen MR) is 101 cm³/mol. The van der Waals surface area contributed by atoms with Gasteiger partial charge in [0.25, 0.3) is 0 Å². The minimum atomic E-state index is -1.12. The number of aliphatic carboxylic acids is 1. The molecule has 0 aliphatic carbocycles. The van der Waals surface area contributed by atoms with Crippen molar-refractivity contribution in [3.05, 3.63) is 35.9 Å². The minimum Gasteiger partial charge on any atom is -0.480 e. The quantitative estimate of drug-likeness (QED) is 0.432. The summed E-state index contributed by atoms with van der Waals surface area (Å²) in [5.74, 6) is -1.91. The zero-order valence-electron chi connectivity index (χ0n) is 15.8. The molecule has 2 unspecified atom stereocenters. The number of nitrogens with two attached hydrogens (primary N) is 1. The van der Waals surface area contributed by atoms with Crippen LogP contribution in [0.15, 0.2) is 30.3 Å². The second kappa shape index (κ2) is 11.9. The van der Waals surface area contributed by atoms with Crippen molar-refractivity contribution < 1.29 is 24.2 Å². The van der Waals surface area contributed by atoms with Gasteiger partial charge < -0.3 is 26.2 Å². The first-order valence-electron chi connectivity index (χ1n) is 9.05. The first-order chi connectivity index (χ1) is 12.8. The van der Waals surface area contributed by atoms with E-state index in [1.807, 2.05) is 30.3 Å². The molecule has 0 aliphatic rings. The van der Waals surface area contributed by atoms with Crippen LogP contribution in [0.25, 0.3) is 0 Å². The molecule has 0 saturated carbocycles. The van der Waals surface area contributed by atoms with E-state index < -0.39 is 30.1 Å². The van der Waals surface area contributed by atoms with E-state index in [9.17, 15) is 19.5 Å². The van der Waals surface area contributed by atoms with E-state index in [0.29, 0.717) is 19.4 Å². The van der Waals surface area contributed by atoms with Gasteiger partial charge in [-0.2, -0.15) is 0 Å². The molecule has 0 radical (unpaired) electrons. The van der Waals surface area contributed by atoms with Crippen molar-refractivity contribution in [3.63, 3.8) is 0 Å². The molecule has 0 aliphatic heterocycles. The number of unbranched alkanes of at least 4 members (excludes halogenated alkanes) is 1. The third-order valence-electron chi connectivity index (χ3n) is 4.00. The van der Waals surface area contributed by atoms with E-state index in [1.54, 1.807) is 13.8 Å². The van der Waals surface area contributed by atoms with Crippen LogP contribution in [-0.2, 0) is 20.9 Å². The second-order valence-electron chi connectivity index (χ2n) is 6.61. The molecule has 0 heterocycles. The summed E-state index contributed by atoms with van der Waals surface area (Å²) in [5.41, 5.74) is 6.23. The highest BCUT2D eigenvalue weighted by Gasteiger charge is 2.28. The number of carbonyl (C=O) groups is 3. The zero-order chi connectivity index (χ0) is 20.2. The Labute approximate surface area is 159 Å². The summed E-state index contributed by atoms with van der Waals surface area (Å²) in [4.78, 5) is 35.8. The number of hydrogen-bond acceptors (Lipinski definition) is 5. The van der Waals surface area contributed by atoms with Crippen LogP contribution < -0.4 is 16.4 Å². The molecule has 0 bridgehead atoms. The highest BCUT2D eigenvalue weighted by molar-refractivity contribution is 5.89. The predicted octanol–water partition coefficient (Wildman–Crippen LogP) is 1.64. The first kappa shape index (κ1) is 22.4. The Morgan fingerprint density at radius 1 is 1.11 bits per heavy atom. The van der Waals surface area contributed by atoms with Crippen molar-refractivity contribution in [1.29, 1.82) is 0 Å². The molecule has 0 aromatic heterocycles. The number of carboxylic acids is 1. The van der Waals surface area contributed by atoms with Crippen LogP contribution in [0.5, 0.6) is 0 Å². The summed E-state index contributed by atoms with van der Waals surface area (Å²) < 4.78 is 5.13. The molecule has 1 rings (SSSR count). The number of nitrogens with one attached hydrogen (secondary N) is 2. The molecule has 27 heavy (non-hydrogen) atoms. The molecule has 2 atom stereocenters. The molecule has 5 N–H and O–H groups in total. The summed E-state index contributed by atoms with van der Waals surface area (Å²) in [6.45, 7) is 4.05. The molecule has 2 amide bonds. The summed E-state index contributed by atoms with van der Waals surface area (Å²) in [6.07, 6.45) is 0.814. The van der Waals surface area contributed by atoms with E-state index in [4.69, 9.17) is 10.5 Å². The number of rotatable bonds is 11. The van der Waals surface area contributed by atoms with Gasteiger partial charge in [0, 0.05) is 0 Å². The van der Waals surface area contributed by atoms with Crippen LogP contribution in [-0.4, -0.2) is 41.7 Å². The highest BCUT2D eigenvalue weighted by atomic mass is 16.5. The number of carbonyl (C=O) groups excluding carboxylic acids is 2. The van der Waals surface area contributed by atoms with Gasteiger partial charge in [0.15, 0.2) is 0 Å². The number of benzene rings is 1. The minimum absolute atomic E-state index is 0.0793. The molecule has 1 aromatic rings. The zero-order valence-corrected chi connectivity index (χ0v) is 15.8. The standard InChI is InChI=1S/C19H29N3O5/c1-13(2)16(17(23)21-15(18(24)25)10-6-7-11-20)22-19(26)27-12-14-8-4-3-5-9-14/h3-5,8-9,13,15-16H,6-7,10-12,20H2,1-2H3,(H,21,23)(H,22,26)(H,24,25). The third kappa shape index (κ3) is 8.54. The SMILES string of the molecule is CC(C)C(NC(=O)OCc1ccccc1)C(=O)NC(CCCCN)C(=O)O. The topological polar surface area (TPSA) is 131 Å². The third-order valence-corrected chi connectivity index (χ3v) is 4.00. The van der Waals surface area contributed by atoms with Gasteiger partial charge in [0.1, 0.15) is 18.7 Å². The second-order valence-corrected chi connectivity index (χ2v) is 6.61. The van der Waals surface area contributed by atoms with Crippen LogP contribution in [0, 0.1) is 5.92 Å². The molecule has 0 spiro atoms. The summed E-state index contributed by atoms with van der Waals surface area (Å²) >= 11 is 0. The average Bonchev–Trinajstić information content (AvgIpc) is 2.64. The van der Waals surface area contributed by atoms with Crippen LogP contribution in [0.3, 0.4) is 0 Å². The highest BCUT2D eigenvalue weighted by Crippen LogP contribution is 2.07. The van der Waals surface area contributed by atoms with E-state index in [0.717, 1.165) is 5.56 Å². The lowest BCUT2D eigenvalue weighted by Gasteiger charge is -2.23. The number of carboxylic acid groups (broad SMARTS) is 1. The van der Waals surface area contributed by atoms with Gasteiger partial charge >= 0.3 is 12.1 Å². The molecule has 8 nitrogen and oxygen atoms in total. The molecular formula is C19H29N3O5.